The molecule has 2 fully saturated rings. The van der Waals surface area contributed by atoms with Crippen LogP contribution in [0.3, 0.4) is 0 Å². The maximum absolute atomic E-state index is 12.6. The smallest absolute Gasteiger partial charge is 0.251 e. The van der Waals surface area contributed by atoms with E-state index in [1.807, 2.05) is 53.4 Å². The van der Waals surface area contributed by atoms with Crippen molar-refractivity contribution in [1.82, 2.24) is 15.1 Å². The molecule has 2 aromatic rings. The molecule has 2 saturated heterocycles. The van der Waals surface area contributed by atoms with Crippen molar-refractivity contribution in [2.45, 2.75) is 38.1 Å². The molecule has 33 heavy (non-hydrogen) atoms. The van der Waals surface area contributed by atoms with Gasteiger partial charge in [0.1, 0.15) is 5.37 Å². The Morgan fingerprint density at radius 2 is 1.79 bits per heavy atom. The molecule has 0 radical (unpaired) electrons. The second-order valence-electron chi connectivity index (χ2n) is 9.07. The average molecular weight is 486 g/mol. The van der Waals surface area contributed by atoms with Crippen LogP contribution in [-0.2, 0) is 11.3 Å². The summed E-state index contributed by atoms with van der Waals surface area (Å²) >= 11 is 7.61. The van der Waals surface area contributed by atoms with Gasteiger partial charge < -0.3 is 15.1 Å². The number of likely N-dealkylation sites (tertiary alicyclic amines) is 1. The van der Waals surface area contributed by atoms with Crippen molar-refractivity contribution >= 4 is 35.2 Å². The summed E-state index contributed by atoms with van der Waals surface area (Å²) in [4.78, 5) is 29.4. The van der Waals surface area contributed by atoms with E-state index in [2.05, 4.69) is 17.1 Å². The molecule has 2 amide bonds. The minimum atomic E-state index is -0.0439. The molecule has 0 spiro atoms. The first kappa shape index (κ1) is 24.1. The molecule has 0 unspecified atom stereocenters. The largest absolute Gasteiger partial charge is 0.352 e. The first-order valence-corrected chi connectivity index (χ1v) is 13.2. The van der Waals surface area contributed by atoms with Gasteiger partial charge in [-0.2, -0.15) is 0 Å². The number of nitrogens with one attached hydrogen (secondary N) is 1. The van der Waals surface area contributed by atoms with E-state index in [1.165, 1.54) is 25.9 Å². The molecule has 7 heteroatoms. The van der Waals surface area contributed by atoms with E-state index in [1.54, 1.807) is 11.8 Å². The van der Waals surface area contributed by atoms with Crippen LogP contribution in [0.15, 0.2) is 48.5 Å². The molecule has 2 aliphatic heterocycles. The standard InChI is InChI=1S/C26H32ClN3O2S/c1-19-11-15-29(16-12-19)14-2-13-28-25(32)21-5-7-22(8-6-21)26-30(24(31)18-33-26)17-20-3-9-23(27)10-4-20/h3-10,19,26H,2,11-18H2,1H3,(H,28,32)/t26-/m0/s1. The molecule has 0 aromatic heterocycles. The van der Waals surface area contributed by atoms with Crippen molar-refractivity contribution in [3.63, 3.8) is 0 Å². The van der Waals surface area contributed by atoms with E-state index in [0.717, 1.165) is 30.0 Å². The fraction of sp³-hybridized carbons (Fsp3) is 0.462. The summed E-state index contributed by atoms with van der Waals surface area (Å²) in [6.45, 7) is 6.95. The molecule has 0 bridgehead atoms. The monoisotopic (exact) mass is 485 g/mol. The molecular weight excluding hydrogens is 454 g/mol. The third kappa shape index (κ3) is 6.52. The van der Waals surface area contributed by atoms with Crippen molar-refractivity contribution in [2.75, 3.05) is 31.9 Å². The summed E-state index contributed by atoms with van der Waals surface area (Å²) in [5, 5.41) is 3.69. The number of amides is 2. The molecule has 1 N–H and O–H groups in total. The lowest BCUT2D eigenvalue weighted by atomic mass is 9.99. The van der Waals surface area contributed by atoms with Gasteiger partial charge in [0, 0.05) is 23.7 Å². The summed E-state index contributed by atoms with van der Waals surface area (Å²) in [5.41, 5.74) is 2.75. The van der Waals surface area contributed by atoms with Gasteiger partial charge in [0.15, 0.2) is 0 Å². The third-order valence-corrected chi connectivity index (χ3v) is 8.01. The van der Waals surface area contributed by atoms with Crippen molar-refractivity contribution in [3.05, 3.63) is 70.2 Å². The fourth-order valence-corrected chi connectivity index (χ4v) is 5.69. The number of carbonyl (C=O) groups excluding carboxylic acids is 2. The maximum Gasteiger partial charge on any atom is 0.251 e. The number of piperidine rings is 1. The van der Waals surface area contributed by atoms with Crippen LogP contribution in [0.2, 0.25) is 5.02 Å². The normalized spacial score (nSPS) is 19.8. The van der Waals surface area contributed by atoms with Gasteiger partial charge in [-0.15, -0.1) is 11.8 Å². The second kappa shape index (κ2) is 11.4. The number of carbonyl (C=O) groups is 2. The van der Waals surface area contributed by atoms with Gasteiger partial charge in [-0.1, -0.05) is 42.8 Å². The van der Waals surface area contributed by atoms with Crippen LogP contribution >= 0.6 is 23.4 Å². The van der Waals surface area contributed by atoms with E-state index in [-0.39, 0.29) is 17.2 Å². The lowest BCUT2D eigenvalue weighted by Crippen LogP contribution is -2.35. The Morgan fingerprint density at radius 1 is 1.09 bits per heavy atom. The minimum Gasteiger partial charge on any atom is -0.352 e. The Bertz CT molecular complexity index is 943. The SMILES string of the molecule is CC1CCN(CCCNC(=O)c2ccc([C@@H]3SCC(=O)N3Cc3ccc(Cl)cc3)cc2)CC1. The van der Waals surface area contributed by atoms with Crippen molar-refractivity contribution < 1.29 is 9.59 Å². The summed E-state index contributed by atoms with van der Waals surface area (Å²) < 4.78 is 0. The maximum atomic E-state index is 12.6. The molecule has 5 nitrogen and oxygen atoms in total. The van der Waals surface area contributed by atoms with E-state index in [4.69, 9.17) is 11.6 Å². The molecule has 0 saturated carbocycles. The first-order valence-electron chi connectivity index (χ1n) is 11.8. The highest BCUT2D eigenvalue weighted by Crippen LogP contribution is 2.39. The predicted octanol–water partition coefficient (Wildman–Crippen LogP) is 4.97. The zero-order valence-electron chi connectivity index (χ0n) is 19.1. The minimum absolute atomic E-state index is 0.0398. The summed E-state index contributed by atoms with van der Waals surface area (Å²) in [6, 6.07) is 15.3. The van der Waals surface area contributed by atoms with Gasteiger partial charge in [-0.05, 0) is 80.2 Å². The van der Waals surface area contributed by atoms with Crippen molar-refractivity contribution in [2.24, 2.45) is 5.92 Å². The van der Waals surface area contributed by atoms with Gasteiger partial charge >= 0.3 is 0 Å². The second-order valence-corrected chi connectivity index (χ2v) is 10.6. The highest BCUT2D eigenvalue weighted by atomic mass is 35.5. The number of benzene rings is 2. The number of rotatable bonds is 8. The number of nitrogens with zero attached hydrogens (tertiary/aromatic N) is 2. The molecule has 2 aromatic carbocycles. The number of halogens is 1. The van der Waals surface area contributed by atoms with E-state index >= 15 is 0 Å². The Labute approximate surface area is 205 Å². The van der Waals surface area contributed by atoms with Crippen molar-refractivity contribution in [1.29, 1.82) is 0 Å². The fourth-order valence-electron chi connectivity index (χ4n) is 4.38. The molecule has 176 valence electrons. The van der Waals surface area contributed by atoms with E-state index < -0.39 is 0 Å². The quantitative estimate of drug-likeness (QED) is 0.536. The number of hydrogen-bond donors (Lipinski definition) is 1. The highest BCUT2D eigenvalue weighted by molar-refractivity contribution is 8.00. The van der Waals surface area contributed by atoms with Gasteiger partial charge in [0.25, 0.3) is 5.91 Å². The van der Waals surface area contributed by atoms with Crippen LogP contribution < -0.4 is 5.32 Å². The Balaban J connectivity index is 1.28. The van der Waals surface area contributed by atoms with Crippen LogP contribution in [0.1, 0.15) is 53.0 Å². The lowest BCUT2D eigenvalue weighted by Gasteiger charge is -2.30. The van der Waals surface area contributed by atoms with Crippen LogP contribution in [0.4, 0.5) is 0 Å². The molecular formula is C26H32ClN3O2S. The zero-order chi connectivity index (χ0) is 23.2. The van der Waals surface area contributed by atoms with Crippen LogP contribution in [0.25, 0.3) is 0 Å². The first-order chi connectivity index (χ1) is 16.0. The molecule has 0 aliphatic carbocycles. The highest BCUT2D eigenvalue weighted by Gasteiger charge is 2.32. The summed E-state index contributed by atoms with van der Waals surface area (Å²) in [6.07, 6.45) is 3.53. The van der Waals surface area contributed by atoms with E-state index in [0.29, 0.717) is 29.4 Å². The number of hydrogen-bond acceptors (Lipinski definition) is 4. The van der Waals surface area contributed by atoms with E-state index in [9.17, 15) is 9.59 Å². The predicted molar refractivity (Wildman–Crippen MR) is 135 cm³/mol. The van der Waals surface area contributed by atoms with Gasteiger partial charge in [0.05, 0.1) is 5.75 Å². The Kier molecular flexibility index (Phi) is 8.34. The molecule has 2 heterocycles. The zero-order valence-corrected chi connectivity index (χ0v) is 20.7. The molecule has 4 rings (SSSR count). The van der Waals surface area contributed by atoms with Crippen LogP contribution in [-0.4, -0.2) is 53.5 Å². The Hall–Kier alpha value is -2.02. The van der Waals surface area contributed by atoms with Crippen LogP contribution in [0, 0.1) is 5.92 Å². The van der Waals surface area contributed by atoms with Gasteiger partial charge in [0.2, 0.25) is 5.91 Å². The number of thioether (sulfide) groups is 1. The third-order valence-electron chi connectivity index (χ3n) is 6.51. The van der Waals surface area contributed by atoms with Crippen molar-refractivity contribution in [3.8, 4) is 0 Å². The summed E-state index contributed by atoms with van der Waals surface area (Å²) in [7, 11) is 0. The Morgan fingerprint density at radius 3 is 2.48 bits per heavy atom. The molecule has 2 aliphatic rings. The van der Waals surface area contributed by atoms with Gasteiger partial charge in [-0.3, -0.25) is 9.59 Å². The topological polar surface area (TPSA) is 52.7 Å². The average Bonchev–Trinajstić information content (AvgIpc) is 3.19. The molecule has 1 atom stereocenters. The summed E-state index contributed by atoms with van der Waals surface area (Å²) in [5.74, 6) is 1.40. The lowest BCUT2D eigenvalue weighted by molar-refractivity contribution is -0.128. The van der Waals surface area contributed by atoms with Crippen LogP contribution in [0.5, 0.6) is 0 Å². The van der Waals surface area contributed by atoms with Gasteiger partial charge in [-0.25, -0.2) is 0 Å².